The number of nitrogens with two attached hydrogens (primary N) is 1. The number of benzene rings is 1. The van der Waals surface area contributed by atoms with Crippen molar-refractivity contribution < 1.29 is 26.4 Å². The van der Waals surface area contributed by atoms with Gasteiger partial charge in [-0.05, 0) is 12.1 Å². The number of para-hydroxylation sites is 1. The van der Waals surface area contributed by atoms with E-state index in [-0.39, 0.29) is 15.9 Å². The van der Waals surface area contributed by atoms with E-state index in [9.17, 15) is 26.4 Å². The summed E-state index contributed by atoms with van der Waals surface area (Å²) < 4.78 is 67.9. The summed E-state index contributed by atoms with van der Waals surface area (Å²) in [5.74, 6) is -2.62. The van der Waals surface area contributed by atoms with E-state index in [4.69, 9.17) is 5.73 Å². The zero-order valence-corrected chi connectivity index (χ0v) is 15.0. The number of sulfonamides is 1. The standard InChI is InChI=1S/C17H15F3N4O3S/c18-17(19,20)10-16(7-2-1-4-11(16)15(21)25)24-28(26,27)13-6-3-5-12-14(13)23-9-8-22-12/h1-9,11,24H,10H2,(H2,21,25). The largest absolute Gasteiger partial charge is 0.391 e. The van der Waals surface area contributed by atoms with E-state index in [0.717, 1.165) is 12.2 Å². The summed E-state index contributed by atoms with van der Waals surface area (Å²) in [5, 5.41) is 0. The van der Waals surface area contributed by atoms with E-state index in [0.29, 0.717) is 0 Å². The molecule has 1 amide bonds. The third kappa shape index (κ3) is 3.90. The maximum absolute atomic E-state index is 13.3. The van der Waals surface area contributed by atoms with Gasteiger partial charge in [-0.15, -0.1) is 0 Å². The Morgan fingerprint density at radius 2 is 1.93 bits per heavy atom. The molecule has 28 heavy (non-hydrogen) atoms. The highest BCUT2D eigenvalue weighted by Crippen LogP contribution is 2.37. The average molecular weight is 412 g/mol. The Morgan fingerprint density at radius 1 is 1.21 bits per heavy atom. The summed E-state index contributed by atoms with van der Waals surface area (Å²) in [6.45, 7) is 0. The van der Waals surface area contributed by atoms with Crippen molar-refractivity contribution in [3.63, 3.8) is 0 Å². The summed E-state index contributed by atoms with van der Waals surface area (Å²) in [6, 6.07) is 4.11. The summed E-state index contributed by atoms with van der Waals surface area (Å²) in [6.07, 6.45) is 0.925. The molecule has 1 heterocycles. The predicted octanol–water partition coefficient (Wildman–Crippen LogP) is 1.83. The number of hydrogen-bond donors (Lipinski definition) is 2. The van der Waals surface area contributed by atoms with Crippen molar-refractivity contribution in [2.75, 3.05) is 0 Å². The highest BCUT2D eigenvalue weighted by molar-refractivity contribution is 7.89. The number of carbonyl (C=O) groups is 1. The molecule has 3 N–H and O–H groups in total. The summed E-state index contributed by atoms with van der Waals surface area (Å²) in [7, 11) is -4.53. The van der Waals surface area contributed by atoms with Gasteiger partial charge in [0.1, 0.15) is 10.4 Å². The molecule has 0 aliphatic heterocycles. The zero-order chi connectivity index (χ0) is 20.6. The fourth-order valence-corrected chi connectivity index (χ4v) is 4.70. The lowest BCUT2D eigenvalue weighted by atomic mass is 9.78. The van der Waals surface area contributed by atoms with Gasteiger partial charge in [0, 0.05) is 12.4 Å². The normalized spacial score (nSPS) is 22.5. The molecule has 7 nitrogen and oxygen atoms in total. The van der Waals surface area contributed by atoms with Crippen LogP contribution in [0.2, 0.25) is 0 Å². The fraction of sp³-hybridized carbons (Fsp3) is 0.235. The number of amides is 1. The number of halogens is 3. The van der Waals surface area contributed by atoms with Gasteiger partial charge in [-0.25, -0.2) is 8.42 Å². The van der Waals surface area contributed by atoms with Crippen molar-refractivity contribution in [2.24, 2.45) is 11.7 Å². The third-order valence-corrected chi connectivity index (χ3v) is 5.80. The Kier molecular flexibility index (Phi) is 4.98. The lowest BCUT2D eigenvalue weighted by Crippen LogP contribution is -2.58. The second-order valence-electron chi connectivity index (χ2n) is 6.24. The van der Waals surface area contributed by atoms with Crippen molar-refractivity contribution >= 4 is 27.0 Å². The van der Waals surface area contributed by atoms with Crippen LogP contribution < -0.4 is 10.5 Å². The lowest BCUT2D eigenvalue weighted by molar-refractivity contribution is -0.149. The van der Waals surface area contributed by atoms with Gasteiger partial charge in [0.25, 0.3) is 0 Å². The molecule has 11 heteroatoms. The summed E-state index contributed by atoms with van der Waals surface area (Å²) >= 11 is 0. The SMILES string of the molecule is NC(=O)C1C=CC=CC1(CC(F)(F)F)NS(=O)(=O)c1cccc2nccnc12. The molecule has 2 atom stereocenters. The quantitative estimate of drug-likeness (QED) is 0.778. The molecule has 1 aromatic carbocycles. The van der Waals surface area contributed by atoms with Gasteiger partial charge in [0.2, 0.25) is 15.9 Å². The molecular weight excluding hydrogens is 397 g/mol. The van der Waals surface area contributed by atoms with Crippen LogP contribution in [0, 0.1) is 5.92 Å². The molecule has 0 saturated carbocycles. The number of hydrogen-bond acceptors (Lipinski definition) is 5. The molecule has 3 rings (SSSR count). The van der Waals surface area contributed by atoms with Gasteiger partial charge in [-0.1, -0.05) is 30.4 Å². The zero-order valence-electron chi connectivity index (χ0n) is 14.2. The fourth-order valence-electron chi connectivity index (χ4n) is 3.15. The molecule has 2 aromatic rings. The van der Waals surface area contributed by atoms with E-state index >= 15 is 0 Å². The average Bonchev–Trinajstić information content (AvgIpc) is 2.59. The third-order valence-electron chi connectivity index (χ3n) is 4.24. The Labute approximate surface area is 158 Å². The Bertz CT molecular complexity index is 1080. The van der Waals surface area contributed by atoms with Crippen LogP contribution in [0.3, 0.4) is 0 Å². The molecule has 2 unspecified atom stereocenters. The van der Waals surface area contributed by atoms with E-state index in [2.05, 4.69) is 14.7 Å². The number of allylic oxidation sites excluding steroid dienone is 2. The van der Waals surface area contributed by atoms with Crippen LogP contribution in [0.15, 0.2) is 59.8 Å². The maximum Gasteiger partial charge on any atom is 0.391 e. The molecule has 1 aromatic heterocycles. The number of nitrogens with one attached hydrogen (secondary N) is 1. The van der Waals surface area contributed by atoms with Crippen LogP contribution in [-0.2, 0) is 14.8 Å². The minimum atomic E-state index is -4.77. The summed E-state index contributed by atoms with van der Waals surface area (Å²) in [4.78, 5) is 19.4. The van der Waals surface area contributed by atoms with Gasteiger partial charge in [0.05, 0.1) is 23.4 Å². The van der Waals surface area contributed by atoms with Gasteiger partial charge in [0.15, 0.2) is 0 Å². The smallest absolute Gasteiger partial charge is 0.369 e. The van der Waals surface area contributed by atoms with Crippen LogP contribution in [0.25, 0.3) is 11.0 Å². The minimum Gasteiger partial charge on any atom is -0.369 e. The Hall–Kier alpha value is -2.79. The molecule has 0 spiro atoms. The van der Waals surface area contributed by atoms with Crippen LogP contribution in [0.1, 0.15) is 6.42 Å². The second-order valence-corrected chi connectivity index (χ2v) is 7.89. The predicted molar refractivity (Wildman–Crippen MR) is 94.2 cm³/mol. The van der Waals surface area contributed by atoms with Crippen molar-refractivity contribution in [1.29, 1.82) is 0 Å². The highest BCUT2D eigenvalue weighted by atomic mass is 32.2. The molecule has 0 saturated heterocycles. The van der Waals surface area contributed by atoms with Crippen LogP contribution in [-0.4, -0.2) is 36.0 Å². The number of alkyl halides is 3. The van der Waals surface area contributed by atoms with E-state index in [1.807, 2.05) is 0 Å². The number of carbonyl (C=O) groups excluding carboxylic acids is 1. The van der Waals surface area contributed by atoms with Crippen LogP contribution in [0.4, 0.5) is 13.2 Å². The molecule has 0 bridgehead atoms. The van der Waals surface area contributed by atoms with E-state index < -0.39 is 40.0 Å². The molecular formula is C17H15F3N4O3S. The summed E-state index contributed by atoms with van der Waals surface area (Å²) in [5.41, 5.74) is 3.20. The first-order valence-electron chi connectivity index (χ1n) is 8.00. The van der Waals surface area contributed by atoms with Crippen LogP contribution in [0.5, 0.6) is 0 Å². The number of rotatable bonds is 5. The van der Waals surface area contributed by atoms with Gasteiger partial charge in [-0.2, -0.15) is 17.9 Å². The number of fused-ring (bicyclic) bond motifs is 1. The molecule has 1 aliphatic carbocycles. The van der Waals surface area contributed by atoms with Crippen molar-refractivity contribution in [2.45, 2.75) is 23.0 Å². The monoisotopic (exact) mass is 412 g/mol. The first kappa shape index (κ1) is 20.0. The number of aromatic nitrogens is 2. The Morgan fingerprint density at radius 3 is 2.61 bits per heavy atom. The molecule has 0 fully saturated rings. The number of nitrogens with zero attached hydrogens (tertiary/aromatic N) is 2. The second kappa shape index (κ2) is 6.99. The van der Waals surface area contributed by atoms with Crippen LogP contribution >= 0.6 is 0 Å². The lowest BCUT2D eigenvalue weighted by Gasteiger charge is -2.38. The first-order chi connectivity index (χ1) is 13.0. The molecule has 148 valence electrons. The number of primary amides is 1. The van der Waals surface area contributed by atoms with Crippen molar-refractivity contribution in [3.05, 3.63) is 54.9 Å². The minimum absolute atomic E-state index is 0.00869. The topological polar surface area (TPSA) is 115 Å². The van der Waals surface area contributed by atoms with Crippen molar-refractivity contribution in [3.8, 4) is 0 Å². The van der Waals surface area contributed by atoms with Gasteiger partial charge >= 0.3 is 6.18 Å². The molecule has 1 aliphatic rings. The maximum atomic E-state index is 13.3. The highest BCUT2D eigenvalue weighted by Gasteiger charge is 2.50. The van der Waals surface area contributed by atoms with Crippen molar-refractivity contribution in [1.82, 2.24) is 14.7 Å². The first-order valence-corrected chi connectivity index (χ1v) is 9.48. The van der Waals surface area contributed by atoms with Gasteiger partial charge in [-0.3, -0.25) is 14.8 Å². The van der Waals surface area contributed by atoms with Gasteiger partial charge < -0.3 is 5.73 Å². The van der Waals surface area contributed by atoms with E-state index in [1.54, 1.807) is 0 Å². The van der Waals surface area contributed by atoms with E-state index in [1.165, 1.54) is 42.7 Å². The Balaban J connectivity index is 2.13. The molecule has 0 radical (unpaired) electrons.